The fourth-order valence-electron chi connectivity index (χ4n) is 3.40. The summed E-state index contributed by atoms with van der Waals surface area (Å²) in [5, 5.41) is 8.92. The first-order valence-electron chi connectivity index (χ1n) is 10.5. The molecule has 0 aliphatic carbocycles. The van der Waals surface area contributed by atoms with E-state index in [0.29, 0.717) is 12.8 Å². The largest absolute Gasteiger partial charge is 0.481 e. The maximum Gasteiger partial charge on any atom is 0.328 e. The second-order valence-corrected chi connectivity index (χ2v) is 7.43. The van der Waals surface area contributed by atoms with E-state index in [1.165, 1.54) is 0 Å². The molecule has 0 radical (unpaired) electrons. The number of para-hydroxylation sites is 1. The number of carboxylic acid groups (broad SMARTS) is 1. The number of carbonyl (C=O) groups is 2. The Kier molecular flexibility index (Phi) is 7.75. The van der Waals surface area contributed by atoms with E-state index in [1.807, 2.05) is 72.8 Å². The number of allylic oxidation sites excluding steroid dienone is 1. The molecule has 6 nitrogen and oxygen atoms in total. The third-order valence-corrected chi connectivity index (χ3v) is 5.18. The van der Waals surface area contributed by atoms with Gasteiger partial charge in [-0.1, -0.05) is 42.5 Å². The number of hydrogen-bond donors (Lipinski definition) is 1. The van der Waals surface area contributed by atoms with Gasteiger partial charge in [0.25, 0.3) is 0 Å². The number of anilines is 2. The molecule has 6 heteroatoms. The van der Waals surface area contributed by atoms with E-state index in [2.05, 4.69) is 4.98 Å². The van der Waals surface area contributed by atoms with E-state index in [0.717, 1.165) is 28.1 Å². The number of benzene rings is 2. The lowest BCUT2D eigenvalue weighted by Crippen LogP contribution is -2.38. The minimum Gasteiger partial charge on any atom is -0.481 e. The maximum absolute atomic E-state index is 13.0. The summed E-state index contributed by atoms with van der Waals surface area (Å²) in [6.07, 6.45) is 6.85. The number of urea groups is 1. The number of aromatic nitrogens is 1. The number of rotatable bonds is 8. The highest BCUT2D eigenvalue weighted by molar-refractivity contribution is 6.03. The van der Waals surface area contributed by atoms with Crippen molar-refractivity contribution in [2.24, 2.45) is 0 Å². The van der Waals surface area contributed by atoms with Crippen molar-refractivity contribution in [2.45, 2.75) is 19.3 Å². The average Bonchev–Trinajstić information content (AvgIpc) is 2.83. The third kappa shape index (κ3) is 5.82. The van der Waals surface area contributed by atoms with Crippen LogP contribution in [0.3, 0.4) is 0 Å². The van der Waals surface area contributed by atoms with Crippen LogP contribution in [0.4, 0.5) is 16.2 Å². The Balaban J connectivity index is 1.87. The number of unbranched alkanes of at least 4 members (excludes halogenated alkanes) is 1. The lowest BCUT2D eigenvalue weighted by atomic mass is 9.97. The molecule has 0 fully saturated rings. The molecule has 0 bridgehead atoms. The molecular formula is C26H27N3O3. The first-order chi connectivity index (χ1) is 15.5. The predicted molar refractivity (Wildman–Crippen MR) is 128 cm³/mol. The van der Waals surface area contributed by atoms with Crippen molar-refractivity contribution in [1.29, 1.82) is 0 Å². The summed E-state index contributed by atoms with van der Waals surface area (Å²) in [6, 6.07) is 20.9. The Hall–Kier alpha value is -3.93. The zero-order chi connectivity index (χ0) is 22.9. The average molecular weight is 430 g/mol. The number of hydrogen-bond acceptors (Lipinski definition) is 3. The SMILES string of the molecule is CN(C(=O)N(C)c1cccc(C(=CCCCC(=O)O)c2cccnc2)c1)c1ccccc1. The zero-order valence-corrected chi connectivity index (χ0v) is 18.3. The molecule has 1 heterocycles. The van der Waals surface area contributed by atoms with Gasteiger partial charge in [0.2, 0.25) is 0 Å². The van der Waals surface area contributed by atoms with Gasteiger partial charge in [-0.15, -0.1) is 0 Å². The smallest absolute Gasteiger partial charge is 0.328 e. The molecule has 3 rings (SSSR count). The summed E-state index contributed by atoms with van der Waals surface area (Å²) in [6.45, 7) is 0. The maximum atomic E-state index is 13.0. The van der Waals surface area contributed by atoms with Crippen molar-refractivity contribution >= 4 is 28.9 Å². The van der Waals surface area contributed by atoms with Crippen LogP contribution in [0, 0.1) is 0 Å². The number of carboxylic acids is 1. The molecule has 0 atom stereocenters. The van der Waals surface area contributed by atoms with Crippen LogP contribution >= 0.6 is 0 Å². The van der Waals surface area contributed by atoms with Crippen LogP contribution in [0.5, 0.6) is 0 Å². The summed E-state index contributed by atoms with van der Waals surface area (Å²) >= 11 is 0. The summed E-state index contributed by atoms with van der Waals surface area (Å²) in [4.78, 5) is 31.3. The topological polar surface area (TPSA) is 73.7 Å². The third-order valence-electron chi connectivity index (χ3n) is 5.18. The molecule has 0 aliphatic heterocycles. The molecule has 32 heavy (non-hydrogen) atoms. The Labute approximate surface area is 188 Å². The summed E-state index contributed by atoms with van der Waals surface area (Å²) in [5.41, 5.74) is 4.41. The molecule has 0 spiro atoms. The van der Waals surface area contributed by atoms with Crippen LogP contribution in [0.15, 0.2) is 85.2 Å². The molecule has 0 saturated carbocycles. The minimum atomic E-state index is -0.800. The highest BCUT2D eigenvalue weighted by atomic mass is 16.4. The monoisotopic (exact) mass is 429 g/mol. The molecule has 0 unspecified atom stereocenters. The van der Waals surface area contributed by atoms with E-state index in [-0.39, 0.29) is 12.5 Å². The molecule has 0 aliphatic rings. The molecule has 2 aromatic carbocycles. The van der Waals surface area contributed by atoms with Gasteiger partial charge in [-0.05, 0) is 54.3 Å². The zero-order valence-electron chi connectivity index (χ0n) is 18.3. The number of nitrogens with zero attached hydrogens (tertiary/aromatic N) is 3. The Morgan fingerprint density at radius 1 is 0.906 bits per heavy atom. The summed E-state index contributed by atoms with van der Waals surface area (Å²) < 4.78 is 0. The second kappa shape index (κ2) is 10.9. The summed E-state index contributed by atoms with van der Waals surface area (Å²) in [7, 11) is 3.50. The van der Waals surface area contributed by atoms with E-state index >= 15 is 0 Å². The number of amides is 2. The van der Waals surface area contributed by atoms with E-state index in [1.54, 1.807) is 36.3 Å². The van der Waals surface area contributed by atoms with Crippen LogP contribution in [-0.2, 0) is 4.79 Å². The van der Waals surface area contributed by atoms with Gasteiger partial charge in [0, 0.05) is 49.8 Å². The molecule has 1 aromatic heterocycles. The molecule has 164 valence electrons. The highest BCUT2D eigenvalue weighted by Crippen LogP contribution is 2.28. The Bertz CT molecular complexity index is 1080. The molecule has 1 N–H and O–H groups in total. The summed E-state index contributed by atoms with van der Waals surface area (Å²) in [5.74, 6) is -0.800. The number of carbonyl (C=O) groups excluding carboxylic acids is 1. The number of aliphatic carboxylic acids is 1. The quantitative estimate of drug-likeness (QED) is 0.483. The van der Waals surface area contributed by atoms with Crippen molar-refractivity contribution in [3.05, 3.63) is 96.3 Å². The van der Waals surface area contributed by atoms with E-state index in [9.17, 15) is 9.59 Å². The van der Waals surface area contributed by atoms with Crippen molar-refractivity contribution in [1.82, 2.24) is 4.98 Å². The fourth-order valence-corrected chi connectivity index (χ4v) is 3.40. The Morgan fingerprint density at radius 3 is 2.28 bits per heavy atom. The molecule has 3 aromatic rings. The van der Waals surface area contributed by atoms with Crippen molar-refractivity contribution in [2.75, 3.05) is 23.9 Å². The van der Waals surface area contributed by atoms with E-state index < -0.39 is 5.97 Å². The Morgan fingerprint density at radius 2 is 1.59 bits per heavy atom. The first-order valence-corrected chi connectivity index (χ1v) is 10.5. The normalized spacial score (nSPS) is 11.1. The van der Waals surface area contributed by atoms with Gasteiger partial charge in [-0.2, -0.15) is 0 Å². The van der Waals surface area contributed by atoms with Gasteiger partial charge in [-0.3, -0.25) is 19.6 Å². The van der Waals surface area contributed by atoms with Gasteiger partial charge in [0.15, 0.2) is 0 Å². The predicted octanol–water partition coefficient (Wildman–Crippen LogP) is 5.46. The van der Waals surface area contributed by atoms with Crippen LogP contribution in [0.1, 0.15) is 30.4 Å². The van der Waals surface area contributed by atoms with Crippen molar-refractivity contribution in [3.63, 3.8) is 0 Å². The van der Waals surface area contributed by atoms with Crippen LogP contribution in [0.25, 0.3) is 5.57 Å². The van der Waals surface area contributed by atoms with Crippen LogP contribution in [-0.4, -0.2) is 36.2 Å². The van der Waals surface area contributed by atoms with Crippen molar-refractivity contribution < 1.29 is 14.7 Å². The first kappa shape index (κ1) is 22.7. The minimum absolute atomic E-state index is 0.125. The van der Waals surface area contributed by atoms with Gasteiger partial charge in [0.1, 0.15) is 0 Å². The molecular weight excluding hydrogens is 402 g/mol. The number of pyridine rings is 1. The highest BCUT2D eigenvalue weighted by Gasteiger charge is 2.18. The lowest BCUT2D eigenvalue weighted by Gasteiger charge is -2.25. The van der Waals surface area contributed by atoms with Gasteiger partial charge in [-0.25, -0.2) is 4.79 Å². The molecule has 2 amide bonds. The standard InChI is InChI=1S/C26H27N3O3/c1-28(22-12-4-3-5-13-22)26(32)29(2)23-14-8-10-20(18-23)24(15-6-7-16-25(30)31)21-11-9-17-27-19-21/h3-5,8-15,17-19H,6-7,16H2,1-2H3,(H,30,31). The van der Waals surface area contributed by atoms with Crippen molar-refractivity contribution in [3.8, 4) is 0 Å². The second-order valence-electron chi connectivity index (χ2n) is 7.43. The lowest BCUT2D eigenvalue weighted by molar-refractivity contribution is -0.137. The van der Waals surface area contributed by atoms with Gasteiger partial charge < -0.3 is 5.11 Å². The van der Waals surface area contributed by atoms with Gasteiger partial charge in [0.05, 0.1) is 0 Å². The fraction of sp³-hybridized carbons (Fsp3) is 0.192. The van der Waals surface area contributed by atoms with Crippen LogP contribution in [0.2, 0.25) is 0 Å². The van der Waals surface area contributed by atoms with Crippen LogP contribution < -0.4 is 9.80 Å². The molecule has 0 saturated heterocycles. The van der Waals surface area contributed by atoms with Gasteiger partial charge >= 0.3 is 12.0 Å². The van der Waals surface area contributed by atoms with E-state index in [4.69, 9.17) is 5.11 Å².